The molecule has 0 spiro atoms. The van der Waals surface area contributed by atoms with Gasteiger partial charge >= 0.3 is 5.97 Å². The monoisotopic (exact) mass is 246 g/mol. The minimum atomic E-state index is -1.50. The zero-order chi connectivity index (χ0) is 10.0. The molecule has 0 aliphatic heterocycles. The molecule has 0 amide bonds. The van der Waals surface area contributed by atoms with Gasteiger partial charge in [0.2, 0.25) is 0 Å². The van der Waals surface area contributed by atoms with Crippen LogP contribution in [-0.2, 0) is 0 Å². The van der Waals surface area contributed by atoms with Gasteiger partial charge in [-0.15, -0.1) is 0 Å². The second-order valence-corrected chi connectivity index (χ2v) is 3.20. The minimum absolute atomic E-state index is 0.275. The van der Waals surface area contributed by atoms with E-state index >= 15 is 0 Å². The fourth-order valence-corrected chi connectivity index (χ4v) is 1.23. The fraction of sp³-hybridized carbons (Fsp3) is 0. The molecule has 1 rings (SSSR count). The molecule has 0 saturated heterocycles. The van der Waals surface area contributed by atoms with Crippen LogP contribution in [0.2, 0.25) is 0 Å². The van der Waals surface area contributed by atoms with Gasteiger partial charge in [0, 0.05) is 10.5 Å². The van der Waals surface area contributed by atoms with Crippen molar-refractivity contribution in [2.24, 2.45) is 0 Å². The van der Waals surface area contributed by atoms with Crippen LogP contribution in [0.25, 0.3) is 0 Å². The molecule has 6 heteroatoms. The molecule has 1 aromatic rings. The van der Waals surface area contributed by atoms with Crippen molar-refractivity contribution in [1.82, 2.24) is 0 Å². The largest absolute Gasteiger partial charge is 0.628 e. The highest BCUT2D eigenvalue weighted by molar-refractivity contribution is 9.10. The lowest BCUT2D eigenvalue weighted by molar-refractivity contribution is -0.715. The number of carboxylic acids is 1. The second-order valence-electron chi connectivity index (χ2n) is 2.28. The average molecular weight is 247 g/mol. The summed E-state index contributed by atoms with van der Waals surface area (Å²) in [5.74, 6) is -1.29. The number of hydrogen-bond donors (Lipinski definition) is 2. The van der Waals surface area contributed by atoms with Crippen molar-refractivity contribution in [2.75, 3.05) is 0 Å². The van der Waals surface area contributed by atoms with Crippen molar-refractivity contribution in [3.05, 3.63) is 38.6 Å². The summed E-state index contributed by atoms with van der Waals surface area (Å²) in [6.45, 7) is 0. The lowest BCUT2D eigenvalue weighted by atomic mass is 10.2. The molecular formula is C7H5BrNO4-. The Balaban J connectivity index is 3.26. The molecule has 70 valence electrons. The lowest BCUT2D eigenvalue weighted by Gasteiger charge is -2.25. The first kappa shape index (κ1) is 10.1. The Hall–Kier alpha value is -0.950. The van der Waals surface area contributed by atoms with E-state index in [1.165, 1.54) is 18.2 Å². The molecule has 0 unspecified atom stereocenters. The van der Waals surface area contributed by atoms with Gasteiger partial charge in [0.1, 0.15) is 11.3 Å². The van der Waals surface area contributed by atoms with E-state index in [9.17, 15) is 15.2 Å². The Kier molecular flexibility index (Phi) is 2.99. The van der Waals surface area contributed by atoms with E-state index in [4.69, 9.17) is 5.11 Å². The highest BCUT2D eigenvalue weighted by atomic mass is 79.9. The molecule has 0 atom stereocenters. The SMILES string of the molecule is O=C(O)c1ccc(Br)cc1[NH+]([O-])[O-]. The average Bonchev–Trinajstić information content (AvgIpc) is 2.03. The summed E-state index contributed by atoms with van der Waals surface area (Å²) < 4.78 is 0.497. The predicted octanol–water partition coefficient (Wildman–Crippen LogP) is 0.659. The third-order valence-corrected chi connectivity index (χ3v) is 1.93. The highest BCUT2D eigenvalue weighted by Crippen LogP contribution is 2.18. The van der Waals surface area contributed by atoms with E-state index in [1.807, 2.05) is 0 Å². The second kappa shape index (κ2) is 3.84. The Morgan fingerprint density at radius 3 is 2.54 bits per heavy atom. The Morgan fingerprint density at radius 1 is 1.46 bits per heavy atom. The van der Waals surface area contributed by atoms with Gasteiger partial charge < -0.3 is 20.7 Å². The molecule has 0 radical (unpaired) electrons. The number of benzene rings is 1. The van der Waals surface area contributed by atoms with Crippen molar-refractivity contribution in [2.45, 2.75) is 0 Å². The molecule has 0 aliphatic rings. The zero-order valence-electron chi connectivity index (χ0n) is 6.28. The number of carbonyl (C=O) groups is 1. The molecule has 2 N–H and O–H groups in total. The van der Waals surface area contributed by atoms with Gasteiger partial charge in [0.05, 0.1) is 0 Å². The van der Waals surface area contributed by atoms with Crippen LogP contribution in [-0.4, -0.2) is 11.1 Å². The number of carboxylic acid groups (broad SMARTS) is 1. The zero-order valence-corrected chi connectivity index (χ0v) is 7.87. The fourth-order valence-electron chi connectivity index (χ4n) is 0.872. The van der Waals surface area contributed by atoms with Crippen LogP contribution >= 0.6 is 15.9 Å². The Bertz CT molecular complexity index is 339. The van der Waals surface area contributed by atoms with Crippen molar-refractivity contribution >= 4 is 27.6 Å². The predicted molar refractivity (Wildman–Crippen MR) is 48.5 cm³/mol. The molecule has 0 aromatic heterocycles. The van der Waals surface area contributed by atoms with Gasteiger partial charge in [-0.2, -0.15) is 0 Å². The van der Waals surface area contributed by atoms with E-state index in [0.29, 0.717) is 4.47 Å². The van der Waals surface area contributed by atoms with Gasteiger partial charge in [0.15, 0.2) is 0 Å². The minimum Gasteiger partial charge on any atom is -0.628 e. The van der Waals surface area contributed by atoms with Gasteiger partial charge in [-0.1, -0.05) is 15.9 Å². The molecule has 1 aromatic carbocycles. The van der Waals surface area contributed by atoms with E-state index in [-0.39, 0.29) is 11.3 Å². The molecule has 0 aliphatic carbocycles. The molecule has 0 heterocycles. The summed E-state index contributed by atoms with van der Waals surface area (Å²) in [5, 5.41) is 28.1. The maximum atomic E-state index is 10.5. The number of quaternary nitrogens is 1. The van der Waals surface area contributed by atoms with Crippen LogP contribution < -0.4 is 5.23 Å². The highest BCUT2D eigenvalue weighted by Gasteiger charge is 2.12. The van der Waals surface area contributed by atoms with Crippen molar-refractivity contribution in [1.29, 1.82) is 0 Å². The van der Waals surface area contributed by atoms with E-state index in [1.54, 1.807) is 0 Å². The van der Waals surface area contributed by atoms with Crippen LogP contribution in [0.5, 0.6) is 0 Å². The molecule has 5 nitrogen and oxygen atoms in total. The summed E-state index contributed by atoms with van der Waals surface area (Å²) in [7, 11) is 0. The van der Waals surface area contributed by atoms with Crippen LogP contribution in [0.4, 0.5) is 5.69 Å². The molecule has 13 heavy (non-hydrogen) atoms. The molecule has 0 saturated carbocycles. The topological polar surface area (TPSA) is 87.9 Å². The standard InChI is InChI=1S/C7H5BrNO4/c8-4-1-2-5(7(10)11)6(3-4)9(12)13/h1-3,9H,(H,10,11)/q-1. The van der Waals surface area contributed by atoms with Gasteiger partial charge in [-0.25, -0.2) is 4.79 Å². The first-order chi connectivity index (χ1) is 6.02. The number of halogens is 1. The Labute approximate surface area is 81.9 Å². The van der Waals surface area contributed by atoms with E-state index in [2.05, 4.69) is 15.9 Å². The van der Waals surface area contributed by atoms with Crippen molar-refractivity contribution < 1.29 is 15.1 Å². The lowest BCUT2D eigenvalue weighted by Crippen LogP contribution is -2.96. The van der Waals surface area contributed by atoms with Gasteiger partial charge in [-0.05, 0) is 12.1 Å². The maximum absolute atomic E-state index is 10.5. The van der Waals surface area contributed by atoms with Crippen molar-refractivity contribution in [3.63, 3.8) is 0 Å². The van der Waals surface area contributed by atoms with Crippen LogP contribution in [0.3, 0.4) is 0 Å². The number of aromatic carboxylic acids is 1. The number of nitrogens with one attached hydrogen (secondary N) is 1. The van der Waals surface area contributed by atoms with Gasteiger partial charge in [-0.3, -0.25) is 0 Å². The maximum Gasteiger partial charge on any atom is 0.341 e. The normalized spacial score (nSPS) is 10.5. The quantitative estimate of drug-likeness (QED) is 0.751. The van der Waals surface area contributed by atoms with Crippen molar-refractivity contribution in [3.8, 4) is 0 Å². The molecule has 0 fully saturated rings. The summed E-state index contributed by atoms with van der Waals surface area (Å²) in [6.07, 6.45) is 0. The Morgan fingerprint density at radius 2 is 2.08 bits per heavy atom. The molecule has 0 bridgehead atoms. The first-order valence-electron chi connectivity index (χ1n) is 3.26. The summed E-state index contributed by atoms with van der Waals surface area (Å²) in [4.78, 5) is 10.5. The summed E-state index contributed by atoms with van der Waals surface area (Å²) in [6, 6.07) is 3.85. The van der Waals surface area contributed by atoms with E-state index < -0.39 is 11.2 Å². The number of rotatable bonds is 2. The third kappa shape index (κ3) is 2.25. The van der Waals surface area contributed by atoms with Gasteiger partial charge in [0.25, 0.3) is 0 Å². The van der Waals surface area contributed by atoms with Crippen LogP contribution in [0.1, 0.15) is 10.4 Å². The first-order valence-corrected chi connectivity index (χ1v) is 4.06. The van der Waals surface area contributed by atoms with E-state index in [0.717, 1.165) is 0 Å². The smallest absolute Gasteiger partial charge is 0.341 e. The third-order valence-electron chi connectivity index (χ3n) is 1.43. The molecular weight excluding hydrogens is 242 g/mol. The van der Waals surface area contributed by atoms with Crippen LogP contribution in [0, 0.1) is 10.4 Å². The van der Waals surface area contributed by atoms with Crippen LogP contribution in [0.15, 0.2) is 22.7 Å². The number of hydrogen-bond acceptors (Lipinski definition) is 3. The summed E-state index contributed by atoms with van der Waals surface area (Å²) >= 11 is 3.03. The summed E-state index contributed by atoms with van der Waals surface area (Å²) in [5.41, 5.74) is -0.606.